The number of likely N-dealkylation sites (tertiary alicyclic amines) is 1. The number of hydrogen-bond donors (Lipinski definition) is 2. The highest BCUT2D eigenvalue weighted by Gasteiger charge is 2.45. The Kier molecular flexibility index (Phi) is 5.45. The maximum Gasteiger partial charge on any atom is 0.255 e. The van der Waals surface area contributed by atoms with E-state index in [1.165, 1.54) is 0 Å². The van der Waals surface area contributed by atoms with Crippen LogP contribution in [0.25, 0.3) is 0 Å². The van der Waals surface area contributed by atoms with Gasteiger partial charge in [-0.25, -0.2) is 0 Å². The summed E-state index contributed by atoms with van der Waals surface area (Å²) in [6.45, 7) is 6.54. The lowest BCUT2D eigenvalue weighted by molar-refractivity contribution is -0.144. The molecule has 8 heteroatoms. The van der Waals surface area contributed by atoms with Crippen molar-refractivity contribution in [3.8, 4) is 0 Å². The molecule has 0 bridgehead atoms. The van der Waals surface area contributed by atoms with Gasteiger partial charge in [-0.1, -0.05) is 0 Å². The number of carbonyl (C=O) groups excluding carboxylic acids is 2. The molecule has 2 aliphatic rings. The SMILES string of the molecule is Cc1cc(C(=O)NC2CCN(C(=O)C3(n4cccn4)CCNCC3)CC2)c(C)o1. The molecule has 0 aromatic carbocycles. The molecule has 2 aromatic heterocycles. The predicted molar refractivity (Wildman–Crippen MR) is 108 cm³/mol. The van der Waals surface area contributed by atoms with Gasteiger partial charge < -0.3 is 20.0 Å². The second kappa shape index (κ2) is 8.02. The fraction of sp³-hybridized carbons (Fsp3) is 0.571. The van der Waals surface area contributed by atoms with Crippen LogP contribution in [0.5, 0.6) is 0 Å². The first kappa shape index (κ1) is 19.7. The summed E-state index contributed by atoms with van der Waals surface area (Å²) in [4.78, 5) is 28.0. The van der Waals surface area contributed by atoms with E-state index in [1.54, 1.807) is 19.2 Å². The molecule has 156 valence electrons. The Labute approximate surface area is 170 Å². The number of piperidine rings is 2. The lowest BCUT2D eigenvalue weighted by atomic mass is 9.86. The molecule has 2 aromatic rings. The molecule has 4 heterocycles. The topological polar surface area (TPSA) is 92.4 Å². The second-order valence-electron chi connectivity index (χ2n) is 8.10. The van der Waals surface area contributed by atoms with Gasteiger partial charge in [-0.3, -0.25) is 14.3 Å². The number of hydrogen-bond acceptors (Lipinski definition) is 5. The first-order valence-electron chi connectivity index (χ1n) is 10.4. The Balaban J connectivity index is 1.39. The normalized spacial score (nSPS) is 19.9. The van der Waals surface area contributed by atoms with Crippen molar-refractivity contribution < 1.29 is 14.0 Å². The third kappa shape index (κ3) is 3.81. The van der Waals surface area contributed by atoms with E-state index in [-0.39, 0.29) is 17.9 Å². The molecular formula is C21H29N5O3. The lowest BCUT2D eigenvalue weighted by Gasteiger charge is -2.42. The Morgan fingerprint density at radius 1 is 1.24 bits per heavy atom. The summed E-state index contributed by atoms with van der Waals surface area (Å²) in [5.41, 5.74) is -0.00986. The first-order valence-corrected chi connectivity index (χ1v) is 10.4. The van der Waals surface area contributed by atoms with E-state index in [4.69, 9.17) is 4.42 Å². The third-order valence-electron chi connectivity index (χ3n) is 6.17. The van der Waals surface area contributed by atoms with Gasteiger partial charge in [0.25, 0.3) is 11.8 Å². The van der Waals surface area contributed by atoms with Gasteiger partial charge in [-0.15, -0.1) is 0 Å². The van der Waals surface area contributed by atoms with E-state index in [0.717, 1.165) is 44.5 Å². The quantitative estimate of drug-likeness (QED) is 0.815. The molecule has 0 radical (unpaired) electrons. The van der Waals surface area contributed by atoms with Crippen LogP contribution in [0.4, 0.5) is 0 Å². The number of furan rings is 1. The zero-order chi connectivity index (χ0) is 20.4. The van der Waals surface area contributed by atoms with Crippen LogP contribution in [-0.2, 0) is 10.3 Å². The molecule has 0 spiro atoms. The van der Waals surface area contributed by atoms with Gasteiger partial charge in [-0.05, 0) is 64.8 Å². The number of aryl methyl sites for hydroxylation is 2. The van der Waals surface area contributed by atoms with Crippen molar-refractivity contribution in [2.45, 2.75) is 51.1 Å². The van der Waals surface area contributed by atoms with Crippen LogP contribution >= 0.6 is 0 Å². The minimum atomic E-state index is -0.601. The van der Waals surface area contributed by atoms with Crippen LogP contribution in [0.1, 0.15) is 47.6 Å². The first-order chi connectivity index (χ1) is 14.0. The van der Waals surface area contributed by atoms with Crippen LogP contribution in [0, 0.1) is 13.8 Å². The average molecular weight is 399 g/mol. The van der Waals surface area contributed by atoms with Crippen molar-refractivity contribution in [3.63, 3.8) is 0 Å². The molecule has 8 nitrogen and oxygen atoms in total. The van der Waals surface area contributed by atoms with Gasteiger partial charge in [0.1, 0.15) is 17.1 Å². The minimum Gasteiger partial charge on any atom is -0.466 e. The highest BCUT2D eigenvalue weighted by Crippen LogP contribution is 2.30. The molecular weight excluding hydrogens is 370 g/mol. The molecule has 29 heavy (non-hydrogen) atoms. The number of carbonyl (C=O) groups is 2. The summed E-state index contributed by atoms with van der Waals surface area (Å²) in [6, 6.07) is 3.71. The van der Waals surface area contributed by atoms with Crippen molar-refractivity contribution in [2.75, 3.05) is 26.2 Å². The summed E-state index contributed by atoms with van der Waals surface area (Å²) in [5, 5.41) is 10.8. The van der Waals surface area contributed by atoms with Gasteiger partial charge in [0.15, 0.2) is 0 Å². The molecule has 2 aliphatic heterocycles. The van der Waals surface area contributed by atoms with Crippen LogP contribution in [0.3, 0.4) is 0 Å². The van der Waals surface area contributed by atoms with E-state index in [2.05, 4.69) is 15.7 Å². The van der Waals surface area contributed by atoms with E-state index < -0.39 is 5.54 Å². The summed E-state index contributed by atoms with van der Waals surface area (Å²) in [6.07, 6.45) is 6.61. The standard InChI is InChI=1S/C21H29N5O3/c1-15-14-18(16(2)29-15)19(27)24-17-4-12-25(13-5-17)20(28)21(6-9-22-10-7-21)26-11-3-8-23-26/h3,8,11,14,17,22H,4-7,9-10,12-13H2,1-2H3,(H,24,27). The molecule has 0 unspecified atom stereocenters. The number of amides is 2. The van der Waals surface area contributed by atoms with E-state index >= 15 is 0 Å². The van der Waals surface area contributed by atoms with Gasteiger partial charge in [0, 0.05) is 31.5 Å². The van der Waals surface area contributed by atoms with Crippen molar-refractivity contribution in [3.05, 3.63) is 41.6 Å². The Bertz CT molecular complexity index is 859. The van der Waals surface area contributed by atoms with Gasteiger partial charge in [0.05, 0.1) is 5.56 Å². The maximum atomic E-state index is 13.5. The molecule has 2 N–H and O–H groups in total. The smallest absolute Gasteiger partial charge is 0.255 e. The van der Waals surface area contributed by atoms with Crippen molar-refractivity contribution >= 4 is 11.8 Å². The fourth-order valence-electron chi connectivity index (χ4n) is 4.54. The fourth-order valence-corrected chi connectivity index (χ4v) is 4.54. The summed E-state index contributed by atoms with van der Waals surface area (Å²) >= 11 is 0. The molecule has 0 atom stereocenters. The van der Waals surface area contributed by atoms with Crippen molar-refractivity contribution in [1.82, 2.24) is 25.3 Å². The molecule has 0 saturated carbocycles. The lowest BCUT2D eigenvalue weighted by Crippen LogP contribution is -2.58. The number of nitrogens with zero attached hydrogens (tertiary/aromatic N) is 3. The monoisotopic (exact) mass is 399 g/mol. The minimum absolute atomic E-state index is 0.0647. The van der Waals surface area contributed by atoms with E-state index in [1.807, 2.05) is 28.8 Å². The number of rotatable bonds is 4. The molecule has 2 amide bonds. The zero-order valence-corrected chi connectivity index (χ0v) is 17.1. The molecule has 2 fully saturated rings. The van der Waals surface area contributed by atoms with Crippen LogP contribution in [0.2, 0.25) is 0 Å². The van der Waals surface area contributed by atoms with E-state index in [9.17, 15) is 9.59 Å². The Hall–Kier alpha value is -2.61. The molecule has 0 aliphatic carbocycles. The molecule has 2 saturated heterocycles. The third-order valence-corrected chi connectivity index (χ3v) is 6.17. The number of aromatic nitrogens is 2. The predicted octanol–water partition coefficient (Wildman–Crippen LogP) is 1.59. The van der Waals surface area contributed by atoms with Gasteiger partial charge in [-0.2, -0.15) is 5.10 Å². The number of nitrogens with one attached hydrogen (secondary N) is 2. The highest BCUT2D eigenvalue weighted by molar-refractivity contribution is 5.95. The Morgan fingerprint density at radius 3 is 2.55 bits per heavy atom. The average Bonchev–Trinajstić information content (AvgIpc) is 3.38. The summed E-state index contributed by atoms with van der Waals surface area (Å²) < 4.78 is 7.30. The van der Waals surface area contributed by atoms with Crippen molar-refractivity contribution in [1.29, 1.82) is 0 Å². The largest absolute Gasteiger partial charge is 0.466 e. The summed E-state index contributed by atoms with van der Waals surface area (Å²) in [5.74, 6) is 1.42. The van der Waals surface area contributed by atoms with Crippen LogP contribution in [-0.4, -0.2) is 58.7 Å². The zero-order valence-electron chi connectivity index (χ0n) is 17.1. The van der Waals surface area contributed by atoms with Crippen LogP contribution in [0.15, 0.2) is 28.9 Å². The maximum absolute atomic E-state index is 13.5. The second-order valence-corrected chi connectivity index (χ2v) is 8.10. The Morgan fingerprint density at radius 2 is 1.97 bits per heavy atom. The highest BCUT2D eigenvalue weighted by atomic mass is 16.3. The molecule has 4 rings (SSSR count). The van der Waals surface area contributed by atoms with Crippen LogP contribution < -0.4 is 10.6 Å². The van der Waals surface area contributed by atoms with Gasteiger partial charge >= 0.3 is 0 Å². The van der Waals surface area contributed by atoms with E-state index in [0.29, 0.717) is 24.4 Å². The summed E-state index contributed by atoms with van der Waals surface area (Å²) in [7, 11) is 0. The van der Waals surface area contributed by atoms with Crippen molar-refractivity contribution in [2.24, 2.45) is 0 Å². The van der Waals surface area contributed by atoms with Gasteiger partial charge in [0.2, 0.25) is 0 Å².